The van der Waals surface area contributed by atoms with Crippen LogP contribution >= 0.6 is 15.9 Å². The van der Waals surface area contributed by atoms with E-state index in [1.807, 2.05) is 0 Å². The summed E-state index contributed by atoms with van der Waals surface area (Å²) in [5.74, 6) is 2.17. The summed E-state index contributed by atoms with van der Waals surface area (Å²) < 4.78 is 0. The average molecular weight is 163 g/mol. The van der Waals surface area contributed by atoms with Crippen LogP contribution in [0, 0.1) is 12.3 Å². The molecule has 0 aliphatic carbocycles. The molecule has 7 heavy (non-hydrogen) atoms. The Labute approximate surface area is 51.9 Å². The number of aliphatic hydroxyl groups is 1. The van der Waals surface area contributed by atoms with Crippen molar-refractivity contribution >= 4 is 15.9 Å². The van der Waals surface area contributed by atoms with E-state index in [1.54, 1.807) is 6.92 Å². The van der Waals surface area contributed by atoms with Gasteiger partial charge in [0.05, 0.1) is 0 Å². The van der Waals surface area contributed by atoms with Crippen molar-refractivity contribution in [3.63, 3.8) is 0 Å². The predicted molar refractivity (Wildman–Crippen MR) is 33.2 cm³/mol. The molecule has 0 saturated heterocycles. The molecule has 1 nitrogen and oxygen atoms in total. The van der Waals surface area contributed by atoms with Crippen LogP contribution in [0.2, 0.25) is 0 Å². The van der Waals surface area contributed by atoms with Crippen molar-refractivity contribution in [3.05, 3.63) is 0 Å². The summed E-state index contributed by atoms with van der Waals surface area (Å²) in [6, 6.07) is 0. The number of aliphatic hydroxyl groups excluding tert-OH is 1. The molecule has 0 amide bonds. The Bertz CT molecular complexity index is 82.6. The van der Waals surface area contributed by atoms with Gasteiger partial charge in [-0.05, 0) is 6.92 Å². The molecule has 2 atom stereocenters. The zero-order chi connectivity index (χ0) is 5.86. The third-order valence-electron chi connectivity index (χ3n) is 0.606. The lowest BCUT2D eigenvalue weighted by Gasteiger charge is -2.01. The lowest BCUT2D eigenvalue weighted by Crippen LogP contribution is -2.13. The van der Waals surface area contributed by atoms with Gasteiger partial charge in [0.2, 0.25) is 0 Å². The van der Waals surface area contributed by atoms with Crippen LogP contribution in [0.4, 0.5) is 0 Å². The van der Waals surface area contributed by atoms with Gasteiger partial charge in [-0.3, -0.25) is 0 Å². The Morgan fingerprint density at radius 2 is 2.29 bits per heavy atom. The first-order chi connectivity index (χ1) is 3.18. The van der Waals surface area contributed by atoms with E-state index in [2.05, 4.69) is 21.9 Å². The maximum atomic E-state index is 8.65. The smallest absolute Gasteiger partial charge is 0.126 e. The maximum absolute atomic E-state index is 8.65. The van der Waals surface area contributed by atoms with Crippen molar-refractivity contribution in [1.82, 2.24) is 0 Å². The fraction of sp³-hybridized carbons (Fsp3) is 0.600. The highest BCUT2D eigenvalue weighted by Gasteiger charge is 2.03. The summed E-state index contributed by atoms with van der Waals surface area (Å²) in [6.07, 6.45) is 4.19. The van der Waals surface area contributed by atoms with Crippen molar-refractivity contribution in [3.8, 4) is 12.3 Å². The van der Waals surface area contributed by atoms with Crippen LogP contribution in [-0.4, -0.2) is 16.0 Å². The quantitative estimate of drug-likeness (QED) is 0.447. The van der Waals surface area contributed by atoms with Crippen molar-refractivity contribution in [2.75, 3.05) is 0 Å². The third kappa shape index (κ3) is 2.67. The molecule has 0 fully saturated rings. The van der Waals surface area contributed by atoms with E-state index in [-0.39, 0.29) is 4.83 Å². The first-order valence-corrected chi connectivity index (χ1v) is 2.88. The molecule has 0 rings (SSSR count). The molecule has 0 aliphatic rings. The van der Waals surface area contributed by atoms with Gasteiger partial charge in [0, 0.05) is 4.83 Å². The summed E-state index contributed by atoms with van der Waals surface area (Å²) in [5, 5.41) is 8.65. The van der Waals surface area contributed by atoms with Crippen molar-refractivity contribution in [2.45, 2.75) is 17.9 Å². The van der Waals surface area contributed by atoms with Crippen LogP contribution in [0.1, 0.15) is 6.92 Å². The van der Waals surface area contributed by atoms with Gasteiger partial charge in [-0.25, -0.2) is 0 Å². The molecule has 0 radical (unpaired) electrons. The number of halogens is 1. The molecule has 0 bridgehead atoms. The molecule has 2 heteroatoms. The standard InChI is InChI=1S/C5H7BrO/c1-3-5(7)4(2)6/h1,4-5,7H,2H3/t4-,5-/m0/s1. The molecule has 0 aliphatic heterocycles. The maximum Gasteiger partial charge on any atom is 0.126 e. The van der Waals surface area contributed by atoms with Gasteiger partial charge in [-0.15, -0.1) is 6.42 Å². The summed E-state index contributed by atoms with van der Waals surface area (Å²) in [4.78, 5) is -0.00231. The van der Waals surface area contributed by atoms with Crippen LogP contribution in [0.3, 0.4) is 0 Å². The van der Waals surface area contributed by atoms with Crippen molar-refractivity contribution in [1.29, 1.82) is 0 Å². The van der Waals surface area contributed by atoms with E-state index in [0.717, 1.165) is 0 Å². The summed E-state index contributed by atoms with van der Waals surface area (Å²) in [7, 11) is 0. The number of hydrogen-bond donors (Lipinski definition) is 1. The minimum Gasteiger partial charge on any atom is -0.379 e. The highest BCUT2D eigenvalue weighted by molar-refractivity contribution is 9.09. The fourth-order valence-corrected chi connectivity index (χ4v) is 0.285. The SMILES string of the molecule is C#C[C@H](O)[C@H](C)Br. The Hall–Kier alpha value is 0. The van der Waals surface area contributed by atoms with Gasteiger partial charge in [-0.1, -0.05) is 21.9 Å². The van der Waals surface area contributed by atoms with Crippen LogP contribution < -0.4 is 0 Å². The van der Waals surface area contributed by atoms with Crippen LogP contribution in [-0.2, 0) is 0 Å². The Morgan fingerprint density at radius 3 is 2.29 bits per heavy atom. The van der Waals surface area contributed by atoms with Gasteiger partial charge in [0.1, 0.15) is 6.10 Å². The number of hydrogen-bond acceptors (Lipinski definition) is 1. The second-order valence-electron chi connectivity index (χ2n) is 1.29. The Balaban J connectivity index is 3.40. The number of terminal acetylenes is 1. The lowest BCUT2D eigenvalue weighted by atomic mass is 10.3. The van der Waals surface area contributed by atoms with Crippen LogP contribution in [0.25, 0.3) is 0 Å². The van der Waals surface area contributed by atoms with Gasteiger partial charge >= 0.3 is 0 Å². The summed E-state index contributed by atoms with van der Waals surface area (Å²) in [6.45, 7) is 1.80. The topological polar surface area (TPSA) is 20.2 Å². The average Bonchev–Trinajstić information content (AvgIpc) is 1.65. The van der Waals surface area contributed by atoms with E-state index >= 15 is 0 Å². The minimum absolute atomic E-state index is 0.00231. The summed E-state index contributed by atoms with van der Waals surface area (Å²) >= 11 is 3.11. The highest BCUT2D eigenvalue weighted by Crippen LogP contribution is 2.01. The van der Waals surface area contributed by atoms with E-state index in [1.165, 1.54) is 0 Å². The van der Waals surface area contributed by atoms with E-state index in [4.69, 9.17) is 11.5 Å². The highest BCUT2D eigenvalue weighted by atomic mass is 79.9. The Morgan fingerprint density at radius 1 is 1.86 bits per heavy atom. The largest absolute Gasteiger partial charge is 0.379 e. The second-order valence-corrected chi connectivity index (χ2v) is 2.73. The van der Waals surface area contributed by atoms with Crippen molar-refractivity contribution < 1.29 is 5.11 Å². The van der Waals surface area contributed by atoms with E-state index in [0.29, 0.717) is 0 Å². The van der Waals surface area contributed by atoms with Gasteiger partial charge in [0.15, 0.2) is 0 Å². The van der Waals surface area contributed by atoms with Crippen LogP contribution in [0.5, 0.6) is 0 Å². The molecular weight excluding hydrogens is 156 g/mol. The molecule has 0 spiro atoms. The van der Waals surface area contributed by atoms with Crippen molar-refractivity contribution in [2.24, 2.45) is 0 Å². The first kappa shape index (κ1) is 7.00. The molecule has 1 N–H and O–H groups in total. The number of alkyl halides is 1. The molecular formula is C5H7BrO. The fourth-order valence-electron chi connectivity index (χ4n) is 0.133. The predicted octanol–water partition coefficient (Wildman–Crippen LogP) is 0.764. The van der Waals surface area contributed by atoms with E-state index in [9.17, 15) is 0 Å². The third-order valence-corrected chi connectivity index (χ3v) is 1.11. The molecule has 0 aromatic carbocycles. The number of rotatable bonds is 1. The summed E-state index contributed by atoms with van der Waals surface area (Å²) in [5.41, 5.74) is 0. The van der Waals surface area contributed by atoms with Crippen LogP contribution in [0.15, 0.2) is 0 Å². The minimum atomic E-state index is -0.653. The molecule has 0 unspecified atom stereocenters. The Kier molecular flexibility index (Phi) is 3.06. The lowest BCUT2D eigenvalue weighted by molar-refractivity contribution is 0.236. The second kappa shape index (κ2) is 3.06. The van der Waals surface area contributed by atoms with Gasteiger partial charge in [0.25, 0.3) is 0 Å². The normalized spacial score (nSPS) is 17.4. The molecule has 40 valence electrons. The van der Waals surface area contributed by atoms with E-state index < -0.39 is 6.10 Å². The molecule has 0 heterocycles. The van der Waals surface area contributed by atoms with Gasteiger partial charge in [-0.2, -0.15) is 0 Å². The first-order valence-electron chi connectivity index (χ1n) is 1.96. The monoisotopic (exact) mass is 162 g/mol. The van der Waals surface area contributed by atoms with Gasteiger partial charge < -0.3 is 5.11 Å². The molecule has 0 aromatic heterocycles. The molecule has 0 saturated carbocycles. The zero-order valence-corrected chi connectivity index (χ0v) is 5.64. The zero-order valence-electron chi connectivity index (χ0n) is 4.06. The molecule has 0 aromatic rings.